The summed E-state index contributed by atoms with van der Waals surface area (Å²) in [6.45, 7) is 1.77. The minimum atomic E-state index is -4.35. The van der Waals surface area contributed by atoms with Crippen molar-refractivity contribution in [2.24, 2.45) is 11.7 Å². The fraction of sp³-hybridized carbons (Fsp3) is 0.588. The number of benzene rings is 1. The van der Waals surface area contributed by atoms with E-state index in [1.54, 1.807) is 6.92 Å². The molecule has 23 heavy (non-hydrogen) atoms. The Morgan fingerprint density at radius 2 is 1.87 bits per heavy atom. The molecule has 1 aromatic rings. The van der Waals surface area contributed by atoms with E-state index in [1.165, 1.54) is 12.1 Å². The van der Waals surface area contributed by atoms with Crippen molar-refractivity contribution in [2.45, 2.75) is 57.3 Å². The summed E-state index contributed by atoms with van der Waals surface area (Å²) in [5, 5.41) is 2.85. The molecular weight excluding hydrogens is 305 g/mol. The van der Waals surface area contributed by atoms with E-state index < -0.39 is 11.7 Å². The summed E-state index contributed by atoms with van der Waals surface area (Å²) < 4.78 is 37.6. The third-order valence-corrected chi connectivity index (χ3v) is 4.53. The Balaban J connectivity index is 1.90. The van der Waals surface area contributed by atoms with Crippen LogP contribution in [-0.4, -0.2) is 11.9 Å². The summed E-state index contributed by atoms with van der Waals surface area (Å²) in [6, 6.07) is 4.62. The molecule has 1 fully saturated rings. The first-order chi connectivity index (χ1) is 10.8. The lowest BCUT2D eigenvalue weighted by Gasteiger charge is -2.28. The highest BCUT2D eigenvalue weighted by Crippen LogP contribution is 2.30. The van der Waals surface area contributed by atoms with Gasteiger partial charge >= 0.3 is 6.18 Å². The Morgan fingerprint density at radius 3 is 2.43 bits per heavy atom. The first-order valence-corrected chi connectivity index (χ1v) is 7.99. The van der Waals surface area contributed by atoms with Crippen LogP contribution >= 0.6 is 0 Å². The number of halogens is 3. The lowest BCUT2D eigenvalue weighted by atomic mass is 9.83. The molecule has 1 amide bonds. The van der Waals surface area contributed by atoms with Crippen LogP contribution in [-0.2, 0) is 11.0 Å². The lowest BCUT2D eigenvalue weighted by Crippen LogP contribution is -2.37. The summed E-state index contributed by atoms with van der Waals surface area (Å²) in [4.78, 5) is 12.1. The zero-order valence-electron chi connectivity index (χ0n) is 13.2. The smallest absolute Gasteiger partial charge is 0.350 e. The van der Waals surface area contributed by atoms with Crippen molar-refractivity contribution in [3.63, 3.8) is 0 Å². The molecular formula is C17H23F3N2O. The highest BCUT2D eigenvalue weighted by molar-refractivity contribution is 5.76. The third-order valence-electron chi connectivity index (χ3n) is 4.53. The first kappa shape index (κ1) is 17.8. The zero-order valence-corrected chi connectivity index (χ0v) is 13.2. The van der Waals surface area contributed by atoms with Gasteiger partial charge in [-0.05, 0) is 43.4 Å². The molecule has 1 aromatic carbocycles. The number of amides is 1. The van der Waals surface area contributed by atoms with Crippen LogP contribution in [0.2, 0.25) is 0 Å². The molecule has 0 saturated heterocycles. The number of carbonyl (C=O) groups excluding carboxylic acids is 1. The molecule has 2 rings (SSSR count). The van der Waals surface area contributed by atoms with Gasteiger partial charge < -0.3 is 11.1 Å². The summed E-state index contributed by atoms with van der Waals surface area (Å²) in [6.07, 6.45) is 0.158. The molecule has 1 aliphatic rings. The molecule has 6 heteroatoms. The molecule has 1 saturated carbocycles. The van der Waals surface area contributed by atoms with E-state index in [4.69, 9.17) is 5.73 Å². The quantitative estimate of drug-likeness (QED) is 0.883. The summed E-state index contributed by atoms with van der Waals surface area (Å²) in [7, 11) is 0. The van der Waals surface area contributed by atoms with Crippen molar-refractivity contribution in [3.8, 4) is 0 Å². The van der Waals surface area contributed by atoms with Crippen molar-refractivity contribution in [1.82, 2.24) is 5.32 Å². The average molecular weight is 328 g/mol. The molecule has 0 bridgehead atoms. The van der Waals surface area contributed by atoms with Crippen LogP contribution in [0.1, 0.15) is 56.2 Å². The Hall–Kier alpha value is -1.56. The summed E-state index contributed by atoms with van der Waals surface area (Å²) in [5.74, 6) is 0.100. The second-order valence-electron chi connectivity index (χ2n) is 6.32. The van der Waals surface area contributed by atoms with Gasteiger partial charge in [-0.1, -0.05) is 25.0 Å². The van der Waals surface area contributed by atoms with E-state index in [1.807, 2.05) is 0 Å². The molecule has 0 aromatic heterocycles. The van der Waals surface area contributed by atoms with E-state index in [2.05, 4.69) is 5.32 Å². The summed E-state index contributed by atoms with van der Waals surface area (Å²) >= 11 is 0. The Labute approximate surface area is 134 Å². The van der Waals surface area contributed by atoms with E-state index in [0.717, 1.165) is 37.8 Å². The van der Waals surface area contributed by atoms with Crippen molar-refractivity contribution >= 4 is 5.91 Å². The molecule has 3 atom stereocenters. The zero-order chi connectivity index (χ0) is 17.0. The summed E-state index contributed by atoms with van der Waals surface area (Å²) in [5.41, 5.74) is 6.01. The second-order valence-corrected chi connectivity index (χ2v) is 6.32. The van der Waals surface area contributed by atoms with Gasteiger partial charge in [0, 0.05) is 12.5 Å². The number of alkyl halides is 3. The maximum absolute atomic E-state index is 12.5. The van der Waals surface area contributed by atoms with Gasteiger partial charge in [-0.3, -0.25) is 4.79 Å². The normalized spacial score (nSPS) is 23.3. The van der Waals surface area contributed by atoms with Crippen LogP contribution in [0.3, 0.4) is 0 Å². The second kappa shape index (κ2) is 7.34. The van der Waals surface area contributed by atoms with Crippen LogP contribution in [0.25, 0.3) is 0 Å². The standard InChI is InChI=1S/C17H23F3N2O/c1-11(12-6-8-14(9-7-12)17(18,19)20)22-16(23)10-13-4-2-3-5-15(13)21/h6-9,11,13,15H,2-5,10,21H2,1H3,(H,22,23). The van der Waals surface area contributed by atoms with Crippen molar-refractivity contribution < 1.29 is 18.0 Å². The average Bonchev–Trinajstić information content (AvgIpc) is 2.49. The monoisotopic (exact) mass is 328 g/mol. The van der Waals surface area contributed by atoms with E-state index in [0.29, 0.717) is 12.0 Å². The number of hydrogen-bond acceptors (Lipinski definition) is 2. The molecule has 3 unspecified atom stereocenters. The van der Waals surface area contributed by atoms with Gasteiger partial charge in [0.2, 0.25) is 5.91 Å². The minimum Gasteiger partial charge on any atom is -0.350 e. The van der Waals surface area contributed by atoms with Gasteiger partial charge in [0.25, 0.3) is 0 Å². The molecule has 3 nitrogen and oxygen atoms in total. The van der Waals surface area contributed by atoms with Gasteiger partial charge in [-0.15, -0.1) is 0 Å². The molecule has 128 valence electrons. The molecule has 0 radical (unpaired) electrons. The fourth-order valence-electron chi connectivity index (χ4n) is 3.07. The molecule has 0 spiro atoms. The van der Waals surface area contributed by atoms with E-state index in [-0.39, 0.29) is 23.9 Å². The lowest BCUT2D eigenvalue weighted by molar-refractivity contribution is -0.137. The Morgan fingerprint density at radius 1 is 1.26 bits per heavy atom. The fourth-order valence-corrected chi connectivity index (χ4v) is 3.07. The molecule has 0 aliphatic heterocycles. The van der Waals surface area contributed by atoms with Crippen molar-refractivity contribution in [3.05, 3.63) is 35.4 Å². The van der Waals surface area contributed by atoms with Crippen LogP contribution in [0.5, 0.6) is 0 Å². The van der Waals surface area contributed by atoms with Gasteiger partial charge in [-0.25, -0.2) is 0 Å². The van der Waals surface area contributed by atoms with Crippen LogP contribution in [0.15, 0.2) is 24.3 Å². The Kier molecular flexibility index (Phi) is 5.68. The third kappa shape index (κ3) is 4.96. The number of carbonyl (C=O) groups is 1. The first-order valence-electron chi connectivity index (χ1n) is 7.99. The molecule has 3 N–H and O–H groups in total. The highest BCUT2D eigenvalue weighted by atomic mass is 19.4. The minimum absolute atomic E-state index is 0.0656. The van der Waals surface area contributed by atoms with Crippen LogP contribution in [0, 0.1) is 5.92 Å². The van der Waals surface area contributed by atoms with Crippen molar-refractivity contribution in [2.75, 3.05) is 0 Å². The Bertz CT molecular complexity index is 528. The van der Waals surface area contributed by atoms with Gasteiger partial charge in [0.05, 0.1) is 11.6 Å². The molecule has 1 aliphatic carbocycles. The SMILES string of the molecule is CC(NC(=O)CC1CCCCC1N)c1ccc(C(F)(F)F)cc1. The van der Waals surface area contributed by atoms with E-state index in [9.17, 15) is 18.0 Å². The van der Waals surface area contributed by atoms with Gasteiger partial charge in [0.15, 0.2) is 0 Å². The van der Waals surface area contributed by atoms with Gasteiger partial charge in [0.1, 0.15) is 0 Å². The van der Waals surface area contributed by atoms with Gasteiger partial charge in [-0.2, -0.15) is 13.2 Å². The van der Waals surface area contributed by atoms with Crippen LogP contribution < -0.4 is 11.1 Å². The number of nitrogens with two attached hydrogens (primary N) is 1. The van der Waals surface area contributed by atoms with E-state index >= 15 is 0 Å². The number of hydrogen-bond donors (Lipinski definition) is 2. The predicted molar refractivity (Wildman–Crippen MR) is 82.6 cm³/mol. The van der Waals surface area contributed by atoms with Crippen molar-refractivity contribution in [1.29, 1.82) is 0 Å². The largest absolute Gasteiger partial charge is 0.416 e. The predicted octanol–water partition coefficient (Wildman–Crippen LogP) is 3.79. The highest BCUT2D eigenvalue weighted by Gasteiger charge is 2.30. The topological polar surface area (TPSA) is 55.1 Å². The number of rotatable bonds is 4. The molecule has 0 heterocycles. The van der Waals surface area contributed by atoms with Crippen LogP contribution in [0.4, 0.5) is 13.2 Å². The number of nitrogens with one attached hydrogen (secondary N) is 1. The maximum atomic E-state index is 12.5. The maximum Gasteiger partial charge on any atom is 0.416 e.